The van der Waals surface area contributed by atoms with E-state index >= 15 is 0 Å². The molecule has 114 valence electrons. The lowest BCUT2D eigenvalue weighted by Gasteiger charge is -2.39. The molecule has 7 heteroatoms. The number of hydrogen-bond acceptors (Lipinski definition) is 4. The second kappa shape index (κ2) is 5.38. The fourth-order valence-electron chi connectivity index (χ4n) is 3.02. The molecule has 2 aliphatic heterocycles. The number of piperidine rings is 1. The molecule has 2 fully saturated rings. The van der Waals surface area contributed by atoms with Crippen LogP contribution in [0.15, 0.2) is 18.5 Å². The van der Waals surface area contributed by atoms with Crippen LogP contribution in [0.1, 0.15) is 28.8 Å². The summed E-state index contributed by atoms with van der Waals surface area (Å²) in [5.74, 6) is -0.526. The molecule has 2 unspecified atom stereocenters. The fraction of sp³-hybridized carbons (Fsp3) is 0.571. The van der Waals surface area contributed by atoms with Crippen LogP contribution in [-0.2, 0) is 10.9 Å². The molecule has 2 aliphatic rings. The highest BCUT2D eigenvalue weighted by Gasteiger charge is 2.37. The van der Waals surface area contributed by atoms with E-state index in [0.717, 1.165) is 12.3 Å². The zero-order valence-corrected chi connectivity index (χ0v) is 11.2. The molecule has 3 heterocycles. The maximum Gasteiger partial charge on any atom is 0.417 e. The third-order valence-electron chi connectivity index (χ3n) is 3.97. The molecule has 0 spiro atoms. The number of rotatable bonds is 2. The fourth-order valence-corrected chi connectivity index (χ4v) is 3.02. The van der Waals surface area contributed by atoms with Crippen LogP contribution in [0.5, 0.6) is 0 Å². The van der Waals surface area contributed by atoms with Crippen LogP contribution < -0.4 is 5.32 Å². The highest BCUT2D eigenvalue weighted by molar-refractivity contribution is 5.97. The number of hydrogen-bond donors (Lipinski definition) is 1. The lowest BCUT2D eigenvalue weighted by molar-refractivity contribution is -0.137. The number of ketones is 1. The minimum absolute atomic E-state index is 0.0377. The van der Waals surface area contributed by atoms with Gasteiger partial charge in [0.05, 0.1) is 18.8 Å². The minimum Gasteiger partial charge on any atom is -0.378 e. The lowest BCUT2D eigenvalue weighted by atomic mass is 9.82. The van der Waals surface area contributed by atoms with Crippen LogP contribution in [0.2, 0.25) is 0 Å². The molecule has 0 amide bonds. The van der Waals surface area contributed by atoms with Gasteiger partial charge in [-0.2, -0.15) is 13.2 Å². The van der Waals surface area contributed by atoms with Gasteiger partial charge in [-0.3, -0.25) is 9.78 Å². The van der Waals surface area contributed by atoms with Gasteiger partial charge >= 0.3 is 6.18 Å². The van der Waals surface area contributed by atoms with Gasteiger partial charge in [0.15, 0.2) is 5.78 Å². The first kappa shape index (κ1) is 14.5. The smallest absolute Gasteiger partial charge is 0.378 e. The van der Waals surface area contributed by atoms with Crippen molar-refractivity contribution in [2.75, 3.05) is 13.2 Å². The van der Waals surface area contributed by atoms with E-state index in [1.165, 1.54) is 6.20 Å². The molecule has 1 N–H and O–H groups in total. The number of carbonyl (C=O) groups is 1. The number of nitrogens with zero attached hydrogens (tertiary/aromatic N) is 1. The first-order valence-corrected chi connectivity index (χ1v) is 6.84. The molecule has 2 bridgehead atoms. The Balaban J connectivity index is 1.79. The van der Waals surface area contributed by atoms with Gasteiger partial charge in [-0.15, -0.1) is 0 Å². The van der Waals surface area contributed by atoms with Crippen molar-refractivity contribution in [3.05, 3.63) is 29.6 Å². The Morgan fingerprint density at radius 3 is 2.52 bits per heavy atom. The van der Waals surface area contributed by atoms with Crippen LogP contribution in [0.3, 0.4) is 0 Å². The van der Waals surface area contributed by atoms with Gasteiger partial charge in [-0.05, 0) is 18.9 Å². The Labute approximate surface area is 119 Å². The Morgan fingerprint density at radius 1 is 1.24 bits per heavy atom. The number of alkyl halides is 3. The van der Waals surface area contributed by atoms with Gasteiger partial charge in [0.2, 0.25) is 0 Å². The highest BCUT2D eigenvalue weighted by Crippen LogP contribution is 2.31. The van der Waals surface area contributed by atoms with Gasteiger partial charge in [-0.25, -0.2) is 0 Å². The van der Waals surface area contributed by atoms with E-state index in [4.69, 9.17) is 4.74 Å². The summed E-state index contributed by atoms with van der Waals surface area (Å²) in [6, 6.07) is 1.10. The van der Waals surface area contributed by atoms with Gasteiger partial charge < -0.3 is 10.1 Å². The molecular formula is C14H15F3N2O2. The third kappa shape index (κ3) is 3.08. The summed E-state index contributed by atoms with van der Waals surface area (Å²) in [6.45, 7) is 1.09. The molecule has 2 saturated heterocycles. The number of aromatic nitrogens is 1. The first-order chi connectivity index (χ1) is 9.93. The number of pyridine rings is 1. The largest absolute Gasteiger partial charge is 0.417 e. The Morgan fingerprint density at radius 2 is 1.90 bits per heavy atom. The number of fused-ring (bicyclic) bond motifs is 2. The van der Waals surface area contributed by atoms with Gasteiger partial charge in [0.1, 0.15) is 0 Å². The van der Waals surface area contributed by atoms with Crippen molar-refractivity contribution in [3.63, 3.8) is 0 Å². The molecule has 0 saturated carbocycles. The number of morpholine rings is 1. The van der Waals surface area contributed by atoms with E-state index < -0.39 is 11.7 Å². The molecule has 1 aromatic heterocycles. The Kier molecular flexibility index (Phi) is 3.71. The number of carbonyl (C=O) groups excluding carboxylic acids is 1. The van der Waals surface area contributed by atoms with Crippen molar-refractivity contribution >= 4 is 5.78 Å². The van der Waals surface area contributed by atoms with Crippen molar-refractivity contribution < 1.29 is 22.7 Å². The Hall–Kier alpha value is -1.47. The molecule has 1 aromatic rings. The number of Topliss-reactive ketones (excluding diaryl/α,β-unsaturated/α-hetero) is 1. The molecule has 0 aromatic carbocycles. The molecule has 3 rings (SSSR count). The predicted molar refractivity (Wildman–Crippen MR) is 67.8 cm³/mol. The van der Waals surface area contributed by atoms with Crippen LogP contribution in [0, 0.1) is 5.92 Å². The summed E-state index contributed by atoms with van der Waals surface area (Å²) in [7, 11) is 0. The zero-order chi connectivity index (χ0) is 15.0. The third-order valence-corrected chi connectivity index (χ3v) is 3.97. The second-order valence-corrected chi connectivity index (χ2v) is 5.59. The predicted octanol–water partition coefficient (Wildman–Crippen LogP) is 2.05. The van der Waals surface area contributed by atoms with E-state index in [2.05, 4.69) is 10.3 Å². The molecule has 4 nitrogen and oxygen atoms in total. The van der Waals surface area contributed by atoms with Gasteiger partial charge in [0, 0.05) is 36.0 Å². The van der Waals surface area contributed by atoms with Gasteiger partial charge in [-0.1, -0.05) is 0 Å². The number of halogens is 3. The summed E-state index contributed by atoms with van der Waals surface area (Å²) in [4.78, 5) is 16.0. The molecule has 0 aliphatic carbocycles. The van der Waals surface area contributed by atoms with Crippen LogP contribution >= 0.6 is 0 Å². The SMILES string of the molecule is O=C(c1cncc(C(F)(F)F)c1)C1CC2COCC(C1)N2. The average molecular weight is 300 g/mol. The van der Waals surface area contributed by atoms with Crippen LogP contribution in [0.4, 0.5) is 13.2 Å². The van der Waals surface area contributed by atoms with Crippen LogP contribution in [-0.4, -0.2) is 36.1 Å². The van der Waals surface area contributed by atoms with E-state index in [9.17, 15) is 18.0 Å². The zero-order valence-electron chi connectivity index (χ0n) is 11.2. The summed E-state index contributed by atoms with van der Waals surface area (Å²) < 4.78 is 43.4. The number of nitrogens with one attached hydrogen (secondary N) is 1. The van der Waals surface area contributed by atoms with E-state index in [1.54, 1.807) is 0 Å². The van der Waals surface area contributed by atoms with Crippen LogP contribution in [0.25, 0.3) is 0 Å². The molecule has 2 atom stereocenters. The standard InChI is InChI=1S/C14H15F3N2O2/c15-14(16,17)10-1-9(4-18-5-10)13(20)8-2-11-6-21-7-12(3-8)19-11/h1,4-5,8,11-12,19H,2-3,6-7H2. The Bertz CT molecular complexity index is 535. The van der Waals surface area contributed by atoms with E-state index in [-0.39, 0.29) is 29.3 Å². The quantitative estimate of drug-likeness (QED) is 0.849. The monoisotopic (exact) mass is 300 g/mol. The average Bonchev–Trinajstić information content (AvgIpc) is 2.45. The highest BCUT2D eigenvalue weighted by atomic mass is 19.4. The van der Waals surface area contributed by atoms with Crippen molar-refractivity contribution in [2.24, 2.45) is 5.92 Å². The van der Waals surface area contributed by atoms with Crippen molar-refractivity contribution in [2.45, 2.75) is 31.1 Å². The first-order valence-electron chi connectivity index (χ1n) is 6.84. The maximum atomic E-state index is 12.7. The molecular weight excluding hydrogens is 285 g/mol. The second-order valence-electron chi connectivity index (χ2n) is 5.59. The van der Waals surface area contributed by atoms with Crippen molar-refractivity contribution in [1.82, 2.24) is 10.3 Å². The van der Waals surface area contributed by atoms with E-state index in [1.807, 2.05) is 0 Å². The number of ether oxygens (including phenoxy) is 1. The van der Waals surface area contributed by atoms with Crippen molar-refractivity contribution in [3.8, 4) is 0 Å². The topological polar surface area (TPSA) is 51.2 Å². The summed E-state index contributed by atoms with van der Waals surface area (Å²) in [5, 5.41) is 3.35. The summed E-state index contributed by atoms with van der Waals surface area (Å²) in [5.41, 5.74) is -0.846. The summed E-state index contributed by atoms with van der Waals surface area (Å²) in [6.07, 6.45) is -1.35. The minimum atomic E-state index is -4.48. The normalized spacial score (nSPS) is 29.2. The van der Waals surface area contributed by atoms with E-state index in [0.29, 0.717) is 26.1 Å². The van der Waals surface area contributed by atoms with Crippen molar-refractivity contribution in [1.29, 1.82) is 0 Å². The molecule has 21 heavy (non-hydrogen) atoms. The maximum absolute atomic E-state index is 12.7. The molecule has 0 radical (unpaired) electrons. The summed E-state index contributed by atoms with van der Waals surface area (Å²) >= 11 is 0. The lowest BCUT2D eigenvalue weighted by Crippen LogP contribution is -2.55. The van der Waals surface area contributed by atoms with Gasteiger partial charge in [0.25, 0.3) is 0 Å².